The summed E-state index contributed by atoms with van der Waals surface area (Å²) in [7, 11) is 0. The number of carbonyl (C=O) groups is 1. The summed E-state index contributed by atoms with van der Waals surface area (Å²) in [5.41, 5.74) is 4.73. The SMILES string of the molecule is CC=NCC(N)=O. The van der Waals surface area contributed by atoms with Crippen LogP contribution in [0, 0.1) is 0 Å². The molecule has 40 valence electrons. The van der Waals surface area contributed by atoms with Gasteiger partial charge in [0.15, 0.2) is 0 Å². The molecule has 0 radical (unpaired) electrons. The minimum Gasteiger partial charge on any atom is -0.368 e. The first kappa shape index (κ1) is 6.14. The number of rotatable bonds is 2. The lowest BCUT2D eigenvalue weighted by atomic mass is 10.6. The number of aliphatic imine (C=N–C) groups is 1. The summed E-state index contributed by atoms with van der Waals surface area (Å²) < 4.78 is 0. The van der Waals surface area contributed by atoms with Crippen LogP contribution < -0.4 is 5.73 Å². The van der Waals surface area contributed by atoms with Gasteiger partial charge in [0.2, 0.25) is 5.91 Å². The lowest BCUT2D eigenvalue weighted by Crippen LogP contribution is -2.13. The van der Waals surface area contributed by atoms with Crippen molar-refractivity contribution in [2.45, 2.75) is 6.92 Å². The second kappa shape index (κ2) is 3.33. The van der Waals surface area contributed by atoms with Gasteiger partial charge in [-0.25, -0.2) is 0 Å². The molecule has 0 heterocycles. The summed E-state index contributed by atoms with van der Waals surface area (Å²) >= 11 is 0. The van der Waals surface area contributed by atoms with Crippen molar-refractivity contribution in [3.63, 3.8) is 0 Å². The van der Waals surface area contributed by atoms with Gasteiger partial charge in [-0.2, -0.15) is 0 Å². The van der Waals surface area contributed by atoms with E-state index in [1.165, 1.54) is 0 Å². The van der Waals surface area contributed by atoms with Gasteiger partial charge in [0, 0.05) is 0 Å². The number of primary amides is 1. The largest absolute Gasteiger partial charge is 0.368 e. The second-order valence-corrected chi connectivity index (χ2v) is 1.07. The number of amides is 1. The molecule has 0 aliphatic rings. The first-order chi connectivity index (χ1) is 3.27. The highest BCUT2D eigenvalue weighted by Gasteiger charge is 1.83. The molecule has 0 aliphatic heterocycles. The number of hydrogen-bond donors (Lipinski definition) is 1. The van der Waals surface area contributed by atoms with Gasteiger partial charge in [0.1, 0.15) is 6.54 Å². The van der Waals surface area contributed by atoms with Crippen molar-refractivity contribution < 1.29 is 4.79 Å². The van der Waals surface area contributed by atoms with E-state index < -0.39 is 5.91 Å². The molecule has 0 bridgehead atoms. The number of nitrogens with two attached hydrogens (primary N) is 1. The maximum atomic E-state index is 9.87. The highest BCUT2D eigenvalue weighted by atomic mass is 16.1. The molecule has 0 spiro atoms. The van der Waals surface area contributed by atoms with Crippen LogP contribution >= 0.6 is 0 Å². The fraction of sp³-hybridized carbons (Fsp3) is 0.500. The lowest BCUT2D eigenvalue weighted by molar-refractivity contribution is -0.116. The van der Waals surface area contributed by atoms with Crippen LogP contribution in [0.25, 0.3) is 0 Å². The summed E-state index contributed by atoms with van der Waals surface area (Å²) in [5.74, 6) is -0.391. The van der Waals surface area contributed by atoms with Crippen LogP contribution in [0.3, 0.4) is 0 Å². The minimum absolute atomic E-state index is 0.108. The molecule has 0 saturated heterocycles. The van der Waals surface area contributed by atoms with Crippen LogP contribution in [0.2, 0.25) is 0 Å². The van der Waals surface area contributed by atoms with Gasteiger partial charge in [-0.05, 0) is 13.1 Å². The Balaban J connectivity index is 3.14. The molecule has 0 atom stereocenters. The molecule has 0 aromatic heterocycles. The summed E-state index contributed by atoms with van der Waals surface area (Å²) in [6.45, 7) is 1.85. The Labute approximate surface area is 42.2 Å². The molecule has 3 nitrogen and oxygen atoms in total. The van der Waals surface area contributed by atoms with Gasteiger partial charge in [-0.3, -0.25) is 9.79 Å². The fourth-order valence-corrected chi connectivity index (χ4v) is 0.181. The lowest BCUT2D eigenvalue weighted by Gasteiger charge is -1.79. The smallest absolute Gasteiger partial charge is 0.239 e. The highest BCUT2D eigenvalue weighted by Crippen LogP contribution is 1.61. The Hall–Kier alpha value is -0.860. The van der Waals surface area contributed by atoms with E-state index in [9.17, 15) is 4.79 Å². The first-order valence-electron chi connectivity index (χ1n) is 2.00. The third-order valence-corrected chi connectivity index (χ3v) is 0.430. The topological polar surface area (TPSA) is 55.4 Å². The van der Waals surface area contributed by atoms with Crippen molar-refractivity contribution in [3.8, 4) is 0 Å². The van der Waals surface area contributed by atoms with Crippen LogP contribution in [0.4, 0.5) is 0 Å². The van der Waals surface area contributed by atoms with E-state index >= 15 is 0 Å². The number of hydrogen-bond acceptors (Lipinski definition) is 2. The van der Waals surface area contributed by atoms with E-state index in [1.807, 2.05) is 0 Å². The van der Waals surface area contributed by atoms with E-state index in [-0.39, 0.29) is 6.54 Å². The van der Waals surface area contributed by atoms with Gasteiger partial charge < -0.3 is 5.73 Å². The standard InChI is InChI=1S/C4H8N2O/c1-2-6-3-4(5)7/h2H,3H2,1H3,(H2,5,7). The maximum Gasteiger partial charge on any atom is 0.239 e. The van der Waals surface area contributed by atoms with E-state index in [0.29, 0.717) is 0 Å². The monoisotopic (exact) mass is 100 g/mol. The highest BCUT2D eigenvalue weighted by molar-refractivity contribution is 5.77. The van der Waals surface area contributed by atoms with Crippen molar-refractivity contribution in [2.24, 2.45) is 10.7 Å². The minimum atomic E-state index is -0.391. The molecule has 0 rings (SSSR count). The Morgan fingerprint density at radius 1 is 2.00 bits per heavy atom. The number of nitrogens with zero attached hydrogens (tertiary/aromatic N) is 1. The normalized spacial score (nSPS) is 9.86. The average molecular weight is 100 g/mol. The first-order valence-corrected chi connectivity index (χ1v) is 2.00. The summed E-state index contributed by atoms with van der Waals surface area (Å²) in [5, 5.41) is 0. The van der Waals surface area contributed by atoms with Crippen LogP contribution in [0.15, 0.2) is 4.99 Å². The van der Waals surface area contributed by atoms with Crippen LogP contribution in [0.1, 0.15) is 6.92 Å². The quantitative estimate of drug-likeness (QED) is 0.470. The zero-order chi connectivity index (χ0) is 5.70. The zero-order valence-corrected chi connectivity index (χ0v) is 4.22. The average Bonchev–Trinajstić information content (AvgIpc) is 1.61. The second-order valence-electron chi connectivity index (χ2n) is 1.07. The summed E-state index contributed by atoms with van der Waals surface area (Å²) in [6, 6.07) is 0. The Morgan fingerprint density at radius 3 is 2.71 bits per heavy atom. The van der Waals surface area contributed by atoms with Crippen LogP contribution in [-0.4, -0.2) is 18.7 Å². The van der Waals surface area contributed by atoms with Crippen LogP contribution in [-0.2, 0) is 4.79 Å². The molecule has 1 amide bonds. The molecule has 0 aromatic rings. The molecular formula is C4H8N2O. The molecule has 7 heavy (non-hydrogen) atoms. The van der Waals surface area contributed by atoms with Crippen molar-refractivity contribution in [3.05, 3.63) is 0 Å². The Kier molecular flexibility index (Phi) is 2.92. The Bertz CT molecular complexity index is 87.7. The summed E-state index contributed by atoms with van der Waals surface area (Å²) in [6.07, 6.45) is 1.55. The molecule has 2 N–H and O–H groups in total. The molecule has 0 aliphatic carbocycles. The molecule has 3 heteroatoms. The predicted octanol–water partition coefficient (Wildman–Crippen LogP) is -0.438. The van der Waals surface area contributed by atoms with Crippen molar-refractivity contribution in [2.75, 3.05) is 6.54 Å². The molecule has 0 saturated carbocycles. The van der Waals surface area contributed by atoms with E-state index in [0.717, 1.165) is 0 Å². The van der Waals surface area contributed by atoms with Gasteiger partial charge in [0.05, 0.1) is 0 Å². The molecule has 0 unspecified atom stereocenters. The molecular weight excluding hydrogens is 92.1 g/mol. The zero-order valence-electron chi connectivity index (χ0n) is 4.22. The van der Waals surface area contributed by atoms with Gasteiger partial charge in [-0.15, -0.1) is 0 Å². The molecule has 0 aromatic carbocycles. The Morgan fingerprint density at radius 2 is 2.57 bits per heavy atom. The molecule has 0 fully saturated rings. The maximum absolute atomic E-state index is 9.87. The third-order valence-electron chi connectivity index (χ3n) is 0.430. The summed E-state index contributed by atoms with van der Waals surface area (Å²) in [4.78, 5) is 13.4. The van der Waals surface area contributed by atoms with Gasteiger partial charge in [-0.1, -0.05) is 0 Å². The van der Waals surface area contributed by atoms with Gasteiger partial charge >= 0.3 is 0 Å². The van der Waals surface area contributed by atoms with E-state index in [1.54, 1.807) is 13.1 Å². The van der Waals surface area contributed by atoms with E-state index in [4.69, 9.17) is 5.73 Å². The number of carbonyl (C=O) groups excluding carboxylic acids is 1. The third kappa shape index (κ3) is 5.14. The fourth-order valence-electron chi connectivity index (χ4n) is 0.181. The van der Waals surface area contributed by atoms with Crippen LogP contribution in [0.5, 0.6) is 0 Å². The van der Waals surface area contributed by atoms with Crippen molar-refractivity contribution in [1.29, 1.82) is 0 Å². The van der Waals surface area contributed by atoms with E-state index in [2.05, 4.69) is 4.99 Å². The van der Waals surface area contributed by atoms with Crippen molar-refractivity contribution >= 4 is 12.1 Å². The van der Waals surface area contributed by atoms with Gasteiger partial charge in [0.25, 0.3) is 0 Å². The predicted molar refractivity (Wildman–Crippen MR) is 28.2 cm³/mol. The van der Waals surface area contributed by atoms with Crippen molar-refractivity contribution in [1.82, 2.24) is 0 Å².